The average molecular weight is 299 g/mol. The maximum absolute atomic E-state index is 10.3. The Kier molecular flexibility index (Phi) is 8.22. The van der Waals surface area contributed by atoms with E-state index in [1.54, 1.807) is 0 Å². The molecule has 0 aromatic heterocycles. The van der Waals surface area contributed by atoms with Gasteiger partial charge in [0.2, 0.25) is 0 Å². The van der Waals surface area contributed by atoms with Crippen LogP contribution in [-0.4, -0.2) is 60.3 Å². The van der Waals surface area contributed by atoms with Crippen molar-refractivity contribution in [3.05, 3.63) is 0 Å². The first-order chi connectivity index (χ1) is 9.91. The van der Waals surface area contributed by atoms with Crippen LogP contribution in [0.15, 0.2) is 0 Å². The molecule has 0 radical (unpaired) electrons. The molecule has 0 aromatic rings. The molecule has 3 heteroatoms. The molecule has 3 nitrogen and oxygen atoms in total. The second-order valence-corrected chi connectivity index (χ2v) is 7.51. The van der Waals surface area contributed by atoms with E-state index in [2.05, 4.69) is 44.4 Å². The zero-order valence-corrected chi connectivity index (χ0v) is 15.1. The first kappa shape index (κ1) is 18.9. The maximum Gasteiger partial charge on any atom is 0.0581 e. The molecule has 0 aromatic carbocycles. The van der Waals surface area contributed by atoms with Crippen LogP contribution < -0.4 is 0 Å². The maximum atomic E-state index is 10.3. The Hall–Kier alpha value is -0.120. The lowest BCUT2D eigenvalue weighted by atomic mass is 9.70. The predicted octanol–water partition coefficient (Wildman–Crippen LogP) is 3.23. The van der Waals surface area contributed by atoms with E-state index in [0.717, 1.165) is 39.1 Å². The summed E-state index contributed by atoms with van der Waals surface area (Å²) in [6.45, 7) is 18.3. The monoisotopic (exact) mass is 298 g/mol. The Bertz CT molecular complexity index is 276. The van der Waals surface area contributed by atoms with Gasteiger partial charge in [-0.25, -0.2) is 0 Å². The van der Waals surface area contributed by atoms with Gasteiger partial charge in [-0.15, -0.1) is 0 Å². The summed E-state index contributed by atoms with van der Waals surface area (Å²) in [5.74, 6) is 0.460. The molecule has 2 unspecified atom stereocenters. The molecule has 1 saturated carbocycles. The average Bonchev–Trinajstić information content (AvgIpc) is 2.46. The van der Waals surface area contributed by atoms with E-state index >= 15 is 0 Å². The largest absolute Gasteiger partial charge is 0.393 e. The van der Waals surface area contributed by atoms with Gasteiger partial charge in [-0.1, -0.05) is 34.6 Å². The van der Waals surface area contributed by atoms with Crippen LogP contribution in [0.1, 0.15) is 60.3 Å². The smallest absolute Gasteiger partial charge is 0.0581 e. The minimum Gasteiger partial charge on any atom is -0.393 e. The van der Waals surface area contributed by atoms with Crippen LogP contribution >= 0.6 is 0 Å². The van der Waals surface area contributed by atoms with Crippen molar-refractivity contribution in [1.82, 2.24) is 9.80 Å². The van der Waals surface area contributed by atoms with E-state index in [4.69, 9.17) is 0 Å². The van der Waals surface area contributed by atoms with Crippen LogP contribution in [0.4, 0.5) is 0 Å². The second-order valence-electron chi connectivity index (χ2n) is 7.51. The van der Waals surface area contributed by atoms with E-state index < -0.39 is 0 Å². The van der Waals surface area contributed by atoms with Crippen molar-refractivity contribution in [3.63, 3.8) is 0 Å². The molecule has 0 bridgehead atoms. The highest BCUT2D eigenvalue weighted by atomic mass is 16.3. The first-order valence-corrected chi connectivity index (χ1v) is 9.04. The Balaban J connectivity index is 2.38. The molecule has 0 amide bonds. The molecule has 0 saturated heterocycles. The van der Waals surface area contributed by atoms with E-state index in [1.807, 2.05) is 0 Å². The Morgan fingerprint density at radius 1 is 1.00 bits per heavy atom. The third-order valence-electron chi connectivity index (χ3n) is 5.26. The zero-order chi connectivity index (χ0) is 15.9. The first-order valence-electron chi connectivity index (χ1n) is 9.04. The molecule has 1 fully saturated rings. The minimum absolute atomic E-state index is 0.0881. The number of nitrogens with zero attached hydrogens (tertiary/aromatic N) is 2. The molecule has 1 rings (SSSR count). The van der Waals surface area contributed by atoms with Crippen molar-refractivity contribution < 1.29 is 5.11 Å². The third kappa shape index (κ3) is 6.66. The van der Waals surface area contributed by atoms with Crippen molar-refractivity contribution >= 4 is 0 Å². The van der Waals surface area contributed by atoms with Gasteiger partial charge in [-0.2, -0.15) is 0 Å². The van der Waals surface area contributed by atoms with Crippen LogP contribution in [0.5, 0.6) is 0 Å². The number of aliphatic hydroxyl groups excluding tert-OH is 1. The summed E-state index contributed by atoms with van der Waals surface area (Å²) in [6.07, 6.45) is 4.46. The lowest BCUT2D eigenvalue weighted by Gasteiger charge is -2.40. The summed E-state index contributed by atoms with van der Waals surface area (Å²) in [5.41, 5.74) is 0.407. The fraction of sp³-hybridized carbons (Fsp3) is 1.00. The van der Waals surface area contributed by atoms with Crippen molar-refractivity contribution in [2.24, 2.45) is 11.3 Å². The molecular formula is C18H38N2O. The molecular weight excluding hydrogens is 260 g/mol. The fourth-order valence-corrected chi connectivity index (χ4v) is 3.68. The molecule has 0 heterocycles. The summed E-state index contributed by atoms with van der Waals surface area (Å²) >= 11 is 0. The molecule has 2 atom stereocenters. The SMILES string of the molecule is CCN(CC)CCCN(CC)CC1CC(C)(C)CCC1O. The van der Waals surface area contributed by atoms with Crippen LogP contribution in [0.2, 0.25) is 0 Å². The minimum atomic E-state index is -0.0881. The van der Waals surface area contributed by atoms with Crippen LogP contribution in [-0.2, 0) is 0 Å². The molecule has 0 aliphatic heterocycles. The molecule has 1 aliphatic rings. The Labute approximate surface area is 132 Å². The second kappa shape index (κ2) is 9.12. The van der Waals surface area contributed by atoms with Gasteiger partial charge in [-0.3, -0.25) is 0 Å². The van der Waals surface area contributed by atoms with Gasteiger partial charge in [-0.05, 0) is 69.7 Å². The van der Waals surface area contributed by atoms with E-state index in [-0.39, 0.29) is 6.10 Å². The van der Waals surface area contributed by atoms with Gasteiger partial charge in [0.05, 0.1) is 6.10 Å². The van der Waals surface area contributed by atoms with E-state index in [0.29, 0.717) is 11.3 Å². The predicted molar refractivity (Wildman–Crippen MR) is 91.6 cm³/mol. The van der Waals surface area contributed by atoms with E-state index in [1.165, 1.54) is 25.8 Å². The van der Waals surface area contributed by atoms with Gasteiger partial charge in [0, 0.05) is 6.54 Å². The van der Waals surface area contributed by atoms with Gasteiger partial charge < -0.3 is 14.9 Å². The molecule has 0 spiro atoms. The van der Waals surface area contributed by atoms with Crippen molar-refractivity contribution in [1.29, 1.82) is 0 Å². The van der Waals surface area contributed by atoms with Gasteiger partial charge >= 0.3 is 0 Å². The Morgan fingerprint density at radius 3 is 2.14 bits per heavy atom. The summed E-state index contributed by atoms with van der Waals surface area (Å²) in [6, 6.07) is 0. The highest BCUT2D eigenvalue weighted by molar-refractivity contribution is 4.86. The highest BCUT2D eigenvalue weighted by Gasteiger charge is 2.34. The molecule has 21 heavy (non-hydrogen) atoms. The van der Waals surface area contributed by atoms with Crippen molar-refractivity contribution in [2.75, 3.05) is 39.3 Å². The number of aliphatic hydroxyl groups is 1. The quantitative estimate of drug-likeness (QED) is 0.708. The number of hydrogen-bond donors (Lipinski definition) is 1. The number of rotatable bonds is 9. The fourth-order valence-electron chi connectivity index (χ4n) is 3.68. The van der Waals surface area contributed by atoms with Gasteiger partial charge in [0.25, 0.3) is 0 Å². The molecule has 126 valence electrons. The zero-order valence-electron chi connectivity index (χ0n) is 15.1. The summed E-state index contributed by atoms with van der Waals surface area (Å²) in [7, 11) is 0. The highest BCUT2D eigenvalue weighted by Crippen LogP contribution is 2.39. The van der Waals surface area contributed by atoms with Crippen LogP contribution in [0, 0.1) is 11.3 Å². The number of hydrogen-bond acceptors (Lipinski definition) is 3. The normalized spacial score (nSPS) is 25.7. The molecule has 1 N–H and O–H groups in total. The summed E-state index contributed by atoms with van der Waals surface area (Å²) in [5, 5.41) is 10.3. The summed E-state index contributed by atoms with van der Waals surface area (Å²) in [4.78, 5) is 5.03. The van der Waals surface area contributed by atoms with Crippen molar-refractivity contribution in [2.45, 2.75) is 66.4 Å². The topological polar surface area (TPSA) is 26.7 Å². The van der Waals surface area contributed by atoms with E-state index in [9.17, 15) is 5.11 Å². The lowest BCUT2D eigenvalue weighted by molar-refractivity contribution is 0.00449. The van der Waals surface area contributed by atoms with Gasteiger partial charge in [0.15, 0.2) is 0 Å². The lowest BCUT2D eigenvalue weighted by Crippen LogP contribution is -2.41. The van der Waals surface area contributed by atoms with Crippen molar-refractivity contribution in [3.8, 4) is 0 Å². The van der Waals surface area contributed by atoms with Gasteiger partial charge in [0.1, 0.15) is 0 Å². The molecule has 1 aliphatic carbocycles. The van der Waals surface area contributed by atoms with Crippen LogP contribution in [0.3, 0.4) is 0 Å². The van der Waals surface area contributed by atoms with Crippen LogP contribution in [0.25, 0.3) is 0 Å². The standard InChI is InChI=1S/C18H38N2O/c1-6-19(7-2)12-9-13-20(8-3)15-16-14-18(4,5)11-10-17(16)21/h16-17,21H,6-15H2,1-5H3. The summed E-state index contributed by atoms with van der Waals surface area (Å²) < 4.78 is 0. The Morgan fingerprint density at radius 2 is 1.57 bits per heavy atom. The third-order valence-corrected chi connectivity index (χ3v) is 5.26.